The molecule has 0 spiro atoms. The van der Waals surface area contributed by atoms with Gasteiger partial charge in [0.1, 0.15) is 17.1 Å². The maximum atomic E-state index is 10.9. The van der Waals surface area contributed by atoms with E-state index in [1.807, 2.05) is 25.1 Å². The van der Waals surface area contributed by atoms with Gasteiger partial charge in [-0.15, -0.1) is 0 Å². The third-order valence-electron chi connectivity index (χ3n) is 2.91. The van der Waals surface area contributed by atoms with E-state index in [-0.39, 0.29) is 11.6 Å². The van der Waals surface area contributed by atoms with Crippen LogP contribution in [0.2, 0.25) is 0 Å². The lowest BCUT2D eigenvalue weighted by atomic mass is 10.2. The van der Waals surface area contributed by atoms with Crippen molar-refractivity contribution in [1.29, 1.82) is 0 Å². The van der Waals surface area contributed by atoms with Crippen molar-refractivity contribution < 1.29 is 14.3 Å². The molecule has 0 amide bonds. The number of hydrogen-bond donors (Lipinski definition) is 2. The van der Waals surface area contributed by atoms with E-state index in [0.29, 0.717) is 18.1 Å². The third kappa shape index (κ3) is 3.20. The van der Waals surface area contributed by atoms with E-state index in [1.54, 1.807) is 19.2 Å². The van der Waals surface area contributed by atoms with Crippen molar-refractivity contribution in [3.63, 3.8) is 0 Å². The summed E-state index contributed by atoms with van der Waals surface area (Å²) >= 11 is 0. The first-order valence-electron chi connectivity index (χ1n) is 6.05. The zero-order valence-electron chi connectivity index (χ0n) is 10.9. The minimum Gasteiger partial charge on any atom is -0.478 e. The summed E-state index contributed by atoms with van der Waals surface area (Å²) in [4.78, 5) is 15.2. The standard InChI is InChI=1S/C14H16N2O3/c1-9(13-5-3-4-6-15-13)16-8-11-7-12(14(17)18)10(2)19-11/h3-7,9,16H,8H2,1-2H3,(H,17,18). The molecule has 0 aliphatic rings. The fourth-order valence-electron chi connectivity index (χ4n) is 1.83. The largest absolute Gasteiger partial charge is 0.478 e. The highest BCUT2D eigenvalue weighted by Gasteiger charge is 2.14. The number of pyridine rings is 1. The summed E-state index contributed by atoms with van der Waals surface area (Å²) < 4.78 is 5.40. The Kier molecular flexibility index (Phi) is 3.97. The quantitative estimate of drug-likeness (QED) is 0.864. The molecule has 0 fully saturated rings. The van der Waals surface area contributed by atoms with Gasteiger partial charge in [-0.05, 0) is 32.0 Å². The molecule has 0 bridgehead atoms. The number of rotatable bonds is 5. The second-order valence-electron chi connectivity index (χ2n) is 4.34. The van der Waals surface area contributed by atoms with E-state index in [0.717, 1.165) is 5.69 Å². The normalized spacial score (nSPS) is 12.3. The summed E-state index contributed by atoms with van der Waals surface area (Å²) in [7, 11) is 0. The highest BCUT2D eigenvalue weighted by atomic mass is 16.4. The molecule has 1 unspecified atom stereocenters. The molecule has 2 N–H and O–H groups in total. The average Bonchev–Trinajstić information content (AvgIpc) is 2.78. The average molecular weight is 260 g/mol. The first-order chi connectivity index (χ1) is 9.08. The van der Waals surface area contributed by atoms with Gasteiger partial charge in [-0.25, -0.2) is 4.79 Å². The number of hydrogen-bond acceptors (Lipinski definition) is 4. The van der Waals surface area contributed by atoms with E-state index >= 15 is 0 Å². The molecule has 2 rings (SSSR count). The Morgan fingerprint density at radius 2 is 2.32 bits per heavy atom. The first-order valence-corrected chi connectivity index (χ1v) is 6.05. The van der Waals surface area contributed by atoms with Gasteiger partial charge in [0.2, 0.25) is 0 Å². The lowest BCUT2D eigenvalue weighted by Gasteiger charge is -2.11. The molecule has 19 heavy (non-hydrogen) atoms. The Hall–Kier alpha value is -2.14. The summed E-state index contributed by atoms with van der Waals surface area (Å²) in [6, 6.07) is 7.36. The van der Waals surface area contributed by atoms with Crippen LogP contribution in [0.15, 0.2) is 34.9 Å². The van der Waals surface area contributed by atoms with E-state index in [1.165, 1.54) is 0 Å². The minimum absolute atomic E-state index is 0.0693. The van der Waals surface area contributed by atoms with Crippen LogP contribution in [0.5, 0.6) is 0 Å². The topological polar surface area (TPSA) is 75.4 Å². The number of aromatic nitrogens is 1. The number of aromatic carboxylic acids is 1. The zero-order valence-corrected chi connectivity index (χ0v) is 10.9. The number of carboxylic acid groups (broad SMARTS) is 1. The van der Waals surface area contributed by atoms with Crippen LogP contribution in [0.4, 0.5) is 0 Å². The van der Waals surface area contributed by atoms with E-state index < -0.39 is 5.97 Å². The van der Waals surface area contributed by atoms with Crippen molar-refractivity contribution in [2.24, 2.45) is 0 Å². The SMILES string of the molecule is Cc1oc(CNC(C)c2ccccn2)cc1C(=O)O. The van der Waals surface area contributed by atoms with E-state index in [9.17, 15) is 4.79 Å². The molecule has 5 nitrogen and oxygen atoms in total. The second kappa shape index (κ2) is 5.67. The summed E-state index contributed by atoms with van der Waals surface area (Å²) in [5.41, 5.74) is 1.14. The van der Waals surface area contributed by atoms with Crippen LogP contribution in [-0.2, 0) is 6.54 Å². The fraction of sp³-hybridized carbons (Fsp3) is 0.286. The number of nitrogens with zero attached hydrogens (tertiary/aromatic N) is 1. The first kappa shape index (κ1) is 13.3. The second-order valence-corrected chi connectivity index (χ2v) is 4.34. The van der Waals surface area contributed by atoms with Gasteiger partial charge < -0.3 is 14.8 Å². The van der Waals surface area contributed by atoms with Gasteiger partial charge in [0.15, 0.2) is 0 Å². The molecule has 0 saturated heterocycles. The third-order valence-corrected chi connectivity index (χ3v) is 2.91. The van der Waals surface area contributed by atoms with Gasteiger partial charge in [0.25, 0.3) is 0 Å². The molecule has 0 radical (unpaired) electrons. The van der Waals surface area contributed by atoms with Crippen LogP contribution in [0.25, 0.3) is 0 Å². The van der Waals surface area contributed by atoms with Crippen LogP contribution in [-0.4, -0.2) is 16.1 Å². The Labute approximate surface area is 111 Å². The smallest absolute Gasteiger partial charge is 0.339 e. The van der Waals surface area contributed by atoms with Crippen molar-refractivity contribution in [2.45, 2.75) is 26.4 Å². The minimum atomic E-state index is -0.967. The number of nitrogens with one attached hydrogen (secondary N) is 1. The van der Waals surface area contributed by atoms with Crippen molar-refractivity contribution >= 4 is 5.97 Å². The Bertz CT molecular complexity index is 563. The summed E-state index contributed by atoms with van der Waals surface area (Å²) in [5, 5.41) is 12.2. The van der Waals surface area contributed by atoms with Crippen molar-refractivity contribution in [3.05, 3.63) is 53.2 Å². The molecule has 0 aromatic carbocycles. The molecule has 2 heterocycles. The lowest BCUT2D eigenvalue weighted by Crippen LogP contribution is -2.18. The number of furan rings is 1. The molecule has 1 atom stereocenters. The molecule has 100 valence electrons. The summed E-state index contributed by atoms with van der Waals surface area (Å²) in [5.74, 6) is 0.0674. The van der Waals surface area contributed by atoms with Gasteiger partial charge in [-0.3, -0.25) is 4.98 Å². The fourth-order valence-corrected chi connectivity index (χ4v) is 1.83. The van der Waals surface area contributed by atoms with E-state index in [2.05, 4.69) is 10.3 Å². The van der Waals surface area contributed by atoms with Gasteiger partial charge in [0, 0.05) is 12.2 Å². The van der Waals surface area contributed by atoms with Gasteiger partial charge >= 0.3 is 5.97 Å². The summed E-state index contributed by atoms with van der Waals surface area (Å²) in [6.45, 7) is 4.11. The Morgan fingerprint density at radius 3 is 2.89 bits per heavy atom. The van der Waals surface area contributed by atoms with Crippen LogP contribution in [0, 0.1) is 6.92 Å². The Morgan fingerprint density at radius 1 is 1.53 bits per heavy atom. The van der Waals surface area contributed by atoms with Crippen LogP contribution < -0.4 is 5.32 Å². The number of carboxylic acids is 1. The van der Waals surface area contributed by atoms with Gasteiger partial charge in [-0.1, -0.05) is 6.07 Å². The maximum absolute atomic E-state index is 10.9. The summed E-state index contributed by atoms with van der Waals surface area (Å²) in [6.07, 6.45) is 1.74. The predicted molar refractivity (Wildman–Crippen MR) is 69.9 cm³/mol. The Balaban J connectivity index is 1.99. The molecule has 0 aliphatic heterocycles. The highest BCUT2D eigenvalue weighted by molar-refractivity contribution is 5.88. The van der Waals surface area contributed by atoms with Gasteiger partial charge in [-0.2, -0.15) is 0 Å². The molecular weight excluding hydrogens is 244 g/mol. The number of aryl methyl sites for hydroxylation is 1. The monoisotopic (exact) mass is 260 g/mol. The van der Waals surface area contributed by atoms with Crippen LogP contribution in [0.3, 0.4) is 0 Å². The van der Waals surface area contributed by atoms with Gasteiger partial charge in [0.05, 0.1) is 12.2 Å². The molecule has 0 aliphatic carbocycles. The molecule has 2 aromatic rings. The van der Waals surface area contributed by atoms with Crippen LogP contribution >= 0.6 is 0 Å². The molecule has 5 heteroatoms. The molecule has 2 aromatic heterocycles. The number of carbonyl (C=O) groups is 1. The van der Waals surface area contributed by atoms with Crippen molar-refractivity contribution in [1.82, 2.24) is 10.3 Å². The van der Waals surface area contributed by atoms with Crippen molar-refractivity contribution in [3.8, 4) is 0 Å². The van der Waals surface area contributed by atoms with Crippen LogP contribution in [0.1, 0.15) is 40.5 Å². The van der Waals surface area contributed by atoms with Crippen molar-refractivity contribution in [2.75, 3.05) is 0 Å². The van der Waals surface area contributed by atoms with E-state index in [4.69, 9.17) is 9.52 Å². The predicted octanol–water partition coefficient (Wildman–Crippen LogP) is 2.53. The molecule has 0 saturated carbocycles. The zero-order chi connectivity index (χ0) is 13.8. The lowest BCUT2D eigenvalue weighted by molar-refractivity contribution is 0.0695. The molecular formula is C14H16N2O3. The maximum Gasteiger partial charge on any atom is 0.339 e. The highest BCUT2D eigenvalue weighted by Crippen LogP contribution is 2.16.